The summed E-state index contributed by atoms with van der Waals surface area (Å²) in [6.07, 6.45) is 3.60. The number of benzene rings is 2. The minimum absolute atomic E-state index is 0.261. The Morgan fingerprint density at radius 3 is 2.74 bits per heavy atom. The lowest BCUT2D eigenvalue weighted by Gasteiger charge is -2.09. The SMILES string of the molecule is CSc1cccc(Nc2ccc3c(c2)C(=O)CC3)c1. The fourth-order valence-corrected chi connectivity index (χ4v) is 2.84. The van der Waals surface area contributed by atoms with E-state index in [0.717, 1.165) is 23.4 Å². The van der Waals surface area contributed by atoms with E-state index in [9.17, 15) is 4.79 Å². The van der Waals surface area contributed by atoms with Crippen molar-refractivity contribution in [3.05, 3.63) is 53.6 Å². The normalized spacial score (nSPS) is 13.4. The van der Waals surface area contributed by atoms with Crippen LogP contribution >= 0.6 is 11.8 Å². The fraction of sp³-hybridized carbons (Fsp3) is 0.188. The second-order valence-corrected chi connectivity index (χ2v) is 5.53. The van der Waals surface area contributed by atoms with E-state index >= 15 is 0 Å². The number of fused-ring (bicyclic) bond motifs is 1. The number of hydrogen-bond acceptors (Lipinski definition) is 3. The Balaban J connectivity index is 1.87. The van der Waals surface area contributed by atoms with Crippen LogP contribution in [-0.4, -0.2) is 12.0 Å². The Bertz CT molecular complexity index is 636. The first-order valence-corrected chi connectivity index (χ1v) is 7.56. The van der Waals surface area contributed by atoms with Crippen molar-refractivity contribution in [1.82, 2.24) is 0 Å². The van der Waals surface area contributed by atoms with Crippen LogP contribution < -0.4 is 5.32 Å². The fourth-order valence-electron chi connectivity index (χ4n) is 2.38. The van der Waals surface area contributed by atoms with Crippen LogP contribution in [-0.2, 0) is 6.42 Å². The largest absolute Gasteiger partial charge is 0.355 e. The van der Waals surface area contributed by atoms with Gasteiger partial charge in [-0.15, -0.1) is 11.8 Å². The van der Waals surface area contributed by atoms with Gasteiger partial charge in [-0.1, -0.05) is 12.1 Å². The number of aryl methyl sites for hydroxylation is 1. The molecule has 0 aliphatic heterocycles. The first-order chi connectivity index (χ1) is 9.26. The number of thioether (sulfide) groups is 1. The van der Waals surface area contributed by atoms with Gasteiger partial charge in [0.05, 0.1) is 0 Å². The summed E-state index contributed by atoms with van der Waals surface area (Å²) in [6, 6.07) is 14.3. The summed E-state index contributed by atoms with van der Waals surface area (Å²) < 4.78 is 0. The highest BCUT2D eigenvalue weighted by Gasteiger charge is 2.19. The van der Waals surface area contributed by atoms with E-state index in [-0.39, 0.29) is 5.78 Å². The number of hydrogen-bond donors (Lipinski definition) is 1. The van der Waals surface area contributed by atoms with Crippen molar-refractivity contribution in [2.24, 2.45) is 0 Å². The Morgan fingerprint density at radius 1 is 1.05 bits per heavy atom. The molecule has 0 saturated carbocycles. The number of Topliss-reactive ketones (excluding diaryl/α,β-unsaturated/α-hetero) is 1. The van der Waals surface area contributed by atoms with Gasteiger partial charge in [0.15, 0.2) is 5.78 Å². The second kappa shape index (κ2) is 5.10. The third-order valence-corrected chi connectivity index (χ3v) is 4.12. The molecular weight excluding hydrogens is 254 g/mol. The van der Waals surface area contributed by atoms with Crippen molar-refractivity contribution < 1.29 is 4.79 Å². The zero-order valence-electron chi connectivity index (χ0n) is 10.8. The summed E-state index contributed by atoms with van der Waals surface area (Å²) >= 11 is 1.72. The van der Waals surface area contributed by atoms with E-state index in [2.05, 4.69) is 29.8 Å². The molecule has 2 nitrogen and oxygen atoms in total. The Morgan fingerprint density at radius 2 is 1.89 bits per heavy atom. The van der Waals surface area contributed by atoms with Crippen molar-refractivity contribution in [3.63, 3.8) is 0 Å². The topological polar surface area (TPSA) is 29.1 Å². The van der Waals surface area contributed by atoms with Crippen LogP contribution in [0.2, 0.25) is 0 Å². The molecule has 1 N–H and O–H groups in total. The van der Waals surface area contributed by atoms with Gasteiger partial charge in [-0.3, -0.25) is 4.79 Å². The number of ketones is 1. The number of carbonyl (C=O) groups is 1. The van der Waals surface area contributed by atoms with Crippen LogP contribution in [0.3, 0.4) is 0 Å². The maximum Gasteiger partial charge on any atom is 0.163 e. The van der Waals surface area contributed by atoms with Crippen molar-refractivity contribution in [1.29, 1.82) is 0 Å². The predicted octanol–water partition coefficient (Wildman–Crippen LogP) is 4.28. The lowest BCUT2D eigenvalue weighted by Crippen LogP contribution is -1.95. The van der Waals surface area contributed by atoms with Crippen molar-refractivity contribution in [2.45, 2.75) is 17.7 Å². The average molecular weight is 269 g/mol. The molecule has 0 fully saturated rings. The molecule has 1 aliphatic rings. The van der Waals surface area contributed by atoms with Gasteiger partial charge in [-0.05, 0) is 48.6 Å². The van der Waals surface area contributed by atoms with E-state index in [1.54, 1.807) is 11.8 Å². The minimum Gasteiger partial charge on any atom is -0.355 e. The van der Waals surface area contributed by atoms with Gasteiger partial charge in [-0.2, -0.15) is 0 Å². The quantitative estimate of drug-likeness (QED) is 0.843. The third-order valence-electron chi connectivity index (χ3n) is 3.39. The van der Waals surface area contributed by atoms with Gasteiger partial charge in [0.1, 0.15) is 0 Å². The van der Waals surface area contributed by atoms with Crippen LogP contribution in [0.15, 0.2) is 47.4 Å². The summed E-state index contributed by atoms with van der Waals surface area (Å²) in [4.78, 5) is 13.0. The molecule has 0 unspecified atom stereocenters. The van der Waals surface area contributed by atoms with E-state index in [1.807, 2.05) is 24.3 Å². The van der Waals surface area contributed by atoms with E-state index in [0.29, 0.717) is 6.42 Å². The molecule has 96 valence electrons. The smallest absolute Gasteiger partial charge is 0.163 e. The molecule has 0 bridgehead atoms. The number of carbonyl (C=O) groups excluding carboxylic acids is 1. The van der Waals surface area contributed by atoms with Gasteiger partial charge >= 0.3 is 0 Å². The molecule has 3 rings (SSSR count). The van der Waals surface area contributed by atoms with Gasteiger partial charge in [0.2, 0.25) is 0 Å². The van der Waals surface area contributed by atoms with E-state index in [1.165, 1.54) is 10.5 Å². The second-order valence-electron chi connectivity index (χ2n) is 4.65. The Kier molecular flexibility index (Phi) is 3.30. The lowest BCUT2D eigenvalue weighted by atomic mass is 10.1. The summed E-state index contributed by atoms with van der Waals surface area (Å²) in [6.45, 7) is 0. The van der Waals surface area contributed by atoms with Gasteiger partial charge in [0, 0.05) is 28.3 Å². The summed E-state index contributed by atoms with van der Waals surface area (Å²) in [5.41, 5.74) is 4.09. The molecular formula is C16H15NOS. The molecule has 0 amide bonds. The van der Waals surface area contributed by atoms with E-state index in [4.69, 9.17) is 0 Å². The molecule has 0 aromatic heterocycles. The average Bonchev–Trinajstić information content (AvgIpc) is 2.80. The highest BCUT2D eigenvalue weighted by molar-refractivity contribution is 7.98. The zero-order chi connectivity index (χ0) is 13.2. The number of rotatable bonds is 3. The number of anilines is 2. The minimum atomic E-state index is 0.261. The van der Waals surface area contributed by atoms with Crippen LogP contribution in [0.4, 0.5) is 11.4 Å². The Labute approximate surface area is 117 Å². The van der Waals surface area contributed by atoms with E-state index < -0.39 is 0 Å². The van der Waals surface area contributed by atoms with Gasteiger partial charge in [0.25, 0.3) is 0 Å². The third kappa shape index (κ3) is 2.51. The Hall–Kier alpha value is -1.74. The molecule has 0 heterocycles. The lowest BCUT2D eigenvalue weighted by molar-refractivity contribution is 0.0994. The summed E-state index contributed by atoms with van der Waals surface area (Å²) in [7, 11) is 0. The number of nitrogens with one attached hydrogen (secondary N) is 1. The van der Waals surface area contributed by atoms with Crippen LogP contribution in [0.5, 0.6) is 0 Å². The van der Waals surface area contributed by atoms with Crippen LogP contribution in [0, 0.1) is 0 Å². The molecule has 0 saturated heterocycles. The molecule has 2 aromatic carbocycles. The maximum atomic E-state index is 11.7. The molecule has 3 heteroatoms. The molecule has 0 radical (unpaired) electrons. The van der Waals surface area contributed by atoms with Crippen molar-refractivity contribution in [3.8, 4) is 0 Å². The van der Waals surface area contributed by atoms with Gasteiger partial charge in [-0.25, -0.2) is 0 Å². The van der Waals surface area contributed by atoms with Crippen molar-refractivity contribution >= 4 is 28.9 Å². The van der Waals surface area contributed by atoms with Crippen LogP contribution in [0.25, 0.3) is 0 Å². The zero-order valence-corrected chi connectivity index (χ0v) is 11.6. The monoisotopic (exact) mass is 269 g/mol. The summed E-state index contributed by atoms with van der Waals surface area (Å²) in [5, 5.41) is 3.36. The first-order valence-electron chi connectivity index (χ1n) is 6.33. The maximum absolute atomic E-state index is 11.7. The highest BCUT2D eigenvalue weighted by Crippen LogP contribution is 2.27. The first kappa shape index (κ1) is 12.3. The molecule has 2 aromatic rings. The molecule has 0 spiro atoms. The molecule has 19 heavy (non-hydrogen) atoms. The standard InChI is InChI=1S/C16H15NOS/c1-19-14-4-2-3-12(9-14)17-13-7-5-11-6-8-16(18)15(11)10-13/h2-5,7,9-10,17H,6,8H2,1H3. The molecule has 0 atom stereocenters. The van der Waals surface area contributed by atoms with Crippen LogP contribution in [0.1, 0.15) is 22.3 Å². The molecule has 1 aliphatic carbocycles. The predicted molar refractivity (Wildman–Crippen MR) is 80.6 cm³/mol. The highest BCUT2D eigenvalue weighted by atomic mass is 32.2. The van der Waals surface area contributed by atoms with Crippen molar-refractivity contribution in [2.75, 3.05) is 11.6 Å². The summed E-state index contributed by atoms with van der Waals surface area (Å²) in [5.74, 6) is 0.261. The van der Waals surface area contributed by atoms with Gasteiger partial charge < -0.3 is 5.32 Å².